The van der Waals surface area contributed by atoms with Crippen LogP contribution in [0.25, 0.3) is 10.9 Å². The molecule has 0 amide bonds. The number of rotatable bonds is 3. The first-order valence-corrected chi connectivity index (χ1v) is 7.24. The predicted molar refractivity (Wildman–Crippen MR) is 78.2 cm³/mol. The molecule has 1 aliphatic rings. The van der Waals surface area contributed by atoms with Gasteiger partial charge in [-0.2, -0.15) is 0 Å². The second-order valence-electron chi connectivity index (χ2n) is 5.62. The smallest absolute Gasteiger partial charge is 0.0927 e. The van der Waals surface area contributed by atoms with Crippen molar-refractivity contribution in [2.75, 3.05) is 19.6 Å². The van der Waals surface area contributed by atoms with Gasteiger partial charge in [0.2, 0.25) is 0 Å². The molecule has 3 nitrogen and oxygen atoms in total. The Labute approximate surface area is 114 Å². The van der Waals surface area contributed by atoms with Crippen LogP contribution in [0.3, 0.4) is 0 Å². The molecule has 1 fully saturated rings. The van der Waals surface area contributed by atoms with Gasteiger partial charge in [0.1, 0.15) is 0 Å². The number of piperidine rings is 1. The van der Waals surface area contributed by atoms with Crippen LogP contribution >= 0.6 is 0 Å². The molecule has 1 aromatic heterocycles. The molecule has 2 N–H and O–H groups in total. The average Bonchev–Trinajstić information content (AvgIpc) is 2.90. The Morgan fingerprint density at radius 2 is 2.05 bits per heavy atom. The van der Waals surface area contributed by atoms with Crippen molar-refractivity contribution in [1.82, 2.24) is 9.88 Å². The van der Waals surface area contributed by atoms with Crippen molar-refractivity contribution >= 4 is 10.9 Å². The maximum absolute atomic E-state index is 11.0. The first-order valence-electron chi connectivity index (χ1n) is 7.24. The molecule has 1 aliphatic heterocycles. The van der Waals surface area contributed by atoms with Crippen molar-refractivity contribution in [3.8, 4) is 0 Å². The highest BCUT2D eigenvalue weighted by Gasteiger charge is 2.34. The van der Waals surface area contributed by atoms with Gasteiger partial charge in [0, 0.05) is 30.2 Å². The van der Waals surface area contributed by atoms with Gasteiger partial charge < -0.3 is 15.0 Å². The number of nitrogens with one attached hydrogen (secondary N) is 1. The third-order valence-corrected chi connectivity index (χ3v) is 4.32. The Bertz CT molecular complexity index is 553. The standard InChI is InChI=1S/C16H22N2O/c1-2-10-18-11-7-16(19,8-12-18)14-4-3-5-15-13(14)6-9-17-15/h3-6,9,17,19H,2,7-8,10-12H2,1H3. The lowest BCUT2D eigenvalue weighted by molar-refractivity contribution is -0.0245. The number of likely N-dealkylation sites (tertiary alicyclic amines) is 1. The van der Waals surface area contributed by atoms with E-state index in [2.05, 4.69) is 35.0 Å². The van der Waals surface area contributed by atoms with Gasteiger partial charge >= 0.3 is 0 Å². The van der Waals surface area contributed by atoms with Crippen LogP contribution in [0, 0.1) is 0 Å². The van der Waals surface area contributed by atoms with Crippen LogP contribution in [-0.4, -0.2) is 34.6 Å². The normalized spacial score (nSPS) is 19.9. The quantitative estimate of drug-likeness (QED) is 0.888. The maximum Gasteiger partial charge on any atom is 0.0927 e. The molecular formula is C16H22N2O. The SMILES string of the molecule is CCCN1CCC(O)(c2cccc3[nH]ccc23)CC1. The summed E-state index contributed by atoms with van der Waals surface area (Å²) < 4.78 is 0. The Morgan fingerprint density at radius 3 is 2.79 bits per heavy atom. The van der Waals surface area contributed by atoms with Gasteiger partial charge in [-0.25, -0.2) is 0 Å². The Balaban J connectivity index is 1.87. The zero-order valence-electron chi connectivity index (χ0n) is 11.5. The average molecular weight is 258 g/mol. The van der Waals surface area contributed by atoms with Crippen molar-refractivity contribution in [2.24, 2.45) is 0 Å². The molecule has 2 heterocycles. The summed E-state index contributed by atoms with van der Waals surface area (Å²) in [6.45, 7) is 5.34. The first kappa shape index (κ1) is 12.7. The van der Waals surface area contributed by atoms with Crippen LogP contribution in [0.4, 0.5) is 0 Å². The molecule has 0 bridgehead atoms. The third kappa shape index (κ3) is 2.28. The summed E-state index contributed by atoms with van der Waals surface area (Å²) in [6.07, 6.45) is 4.80. The zero-order valence-corrected chi connectivity index (χ0v) is 11.5. The minimum atomic E-state index is -0.661. The Hall–Kier alpha value is -1.32. The van der Waals surface area contributed by atoms with Gasteiger partial charge in [-0.15, -0.1) is 0 Å². The van der Waals surface area contributed by atoms with Gasteiger partial charge in [0.05, 0.1) is 5.60 Å². The summed E-state index contributed by atoms with van der Waals surface area (Å²) in [5, 5.41) is 12.2. The summed E-state index contributed by atoms with van der Waals surface area (Å²) in [6, 6.07) is 8.24. The molecule has 0 saturated carbocycles. The molecule has 0 spiro atoms. The van der Waals surface area contributed by atoms with Crippen LogP contribution < -0.4 is 0 Å². The number of hydrogen-bond acceptors (Lipinski definition) is 2. The number of hydrogen-bond donors (Lipinski definition) is 2. The lowest BCUT2D eigenvalue weighted by Crippen LogP contribution is -2.42. The van der Waals surface area contributed by atoms with Crippen molar-refractivity contribution in [2.45, 2.75) is 31.8 Å². The summed E-state index contributed by atoms with van der Waals surface area (Å²) in [5.74, 6) is 0. The van der Waals surface area contributed by atoms with Crippen LogP contribution in [0.15, 0.2) is 30.5 Å². The number of benzene rings is 1. The predicted octanol–water partition coefficient (Wildman–Crippen LogP) is 2.86. The molecule has 3 heteroatoms. The number of aromatic amines is 1. The van der Waals surface area contributed by atoms with Gasteiger partial charge in [-0.1, -0.05) is 19.1 Å². The van der Waals surface area contributed by atoms with Gasteiger partial charge in [-0.3, -0.25) is 0 Å². The van der Waals surface area contributed by atoms with Crippen LogP contribution in [0.5, 0.6) is 0 Å². The van der Waals surface area contributed by atoms with Crippen molar-refractivity contribution < 1.29 is 5.11 Å². The van der Waals surface area contributed by atoms with Crippen molar-refractivity contribution in [3.63, 3.8) is 0 Å². The van der Waals surface area contributed by atoms with Gasteiger partial charge in [0.25, 0.3) is 0 Å². The van der Waals surface area contributed by atoms with Crippen LogP contribution in [0.2, 0.25) is 0 Å². The van der Waals surface area contributed by atoms with Crippen LogP contribution in [0.1, 0.15) is 31.7 Å². The minimum Gasteiger partial charge on any atom is -0.385 e. The Morgan fingerprint density at radius 1 is 1.26 bits per heavy atom. The van der Waals surface area contributed by atoms with E-state index in [1.807, 2.05) is 12.3 Å². The number of aliphatic hydroxyl groups is 1. The van der Waals surface area contributed by atoms with Gasteiger partial charge in [0.15, 0.2) is 0 Å². The summed E-state index contributed by atoms with van der Waals surface area (Å²) in [7, 11) is 0. The minimum absolute atomic E-state index is 0.661. The van der Waals surface area contributed by atoms with Crippen LogP contribution in [-0.2, 0) is 5.60 Å². The lowest BCUT2D eigenvalue weighted by atomic mass is 9.83. The molecule has 3 rings (SSSR count). The second kappa shape index (κ2) is 4.99. The topological polar surface area (TPSA) is 39.3 Å². The molecule has 1 saturated heterocycles. The molecule has 1 aromatic carbocycles. The maximum atomic E-state index is 11.0. The number of fused-ring (bicyclic) bond motifs is 1. The van der Waals surface area contributed by atoms with E-state index in [1.165, 1.54) is 6.42 Å². The molecule has 0 radical (unpaired) electrons. The van der Waals surface area contributed by atoms with E-state index in [1.54, 1.807) is 0 Å². The zero-order chi connectivity index (χ0) is 13.3. The van der Waals surface area contributed by atoms with E-state index in [9.17, 15) is 5.11 Å². The lowest BCUT2D eigenvalue weighted by Gasteiger charge is -2.38. The molecule has 19 heavy (non-hydrogen) atoms. The summed E-state index contributed by atoms with van der Waals surface area (Å²) >= 11 is 0. The molecule has 0 atom stereocenters. The number of aromatic nitrogens is 1. The fourth-order valence-corrected chi connectivity index (χ4v) is 3.22. The van der Waals surface area contributed by atoms with Gasteiger partial charge in [-0.05, 0) is 43.5 Å². The molecule has 2 aromatic rings. The summed E-state index contributed by atoms with van der Waals surface area (Å²) in [5.41, 5.74) is 1.54. The van der Waals surface area contributed by atoms with E-state index in [0.717, 1.165) is 48.9 Å². The molecule has 0 aliphatic carbocycles. The van der Waals surface area contributed by atoms with E-state index >= 15 is 0 Å². The fraction of sp³-hybridized carbons (Fsp3) is 0.500. The second-order valence-corrected chi connectivity index (χ2v) is 5.62. The van der Waals surface area contributed by atoms with Crippen molar-refractivity contribution in [1.29, 1.82) is 0 Å². The highest BCUT2D eigenvalue weighted by Crippen LogP contribution is 2.36. The highest BCUT2D eigenvalue weighted by molar-refractivity contribution is 5.83. The monoisotopic (exact) mass is 258 g/mol. The Kier molecular flexibility index (Phi) is 3.33. The molecular weight excluding hydrogens is 236 g/mol. The largest absolute Gasteiger partial charge is 0.385 e. The van der Waals surface area contributed by atoms with Crippen molar-refractivity contribution in [3.05, 3.63) is 36.0 Å². The van der Waals surface area contributed by atoms with E-state index in [-0.39, 0.29) is 0 Å². The first-order chi connectivity index (χ1) is 9.23. The number of H-pyrrole nitrogens is 1. The van der Waals surface area contributed by atoms with E-state index in [4.69, 9.17) is 0 Å². The van der Waals surface area contributed by atoms with E-state index < -0.39 is 5.60 Å². The molecule has 102 valence electrons. The van der Waals surface area contributed by atoms with E-state index in [0.29, 0.717) is 0 Å². The number of nitrogens with zero attached hydrogens (tertiary/aromatic N) is 1. The summed E-state index contributed by atoms with van der Waals surface area (Å²) in [4.78, 5) is 5.67. The highest BCUT2D eigenvalue weighted by atomic mass is 16.3. The molecule has 0 unspecified atom stereocenters. The third-order valence-electron chi connectivity index (χ3n) is 4.32. The fourth-order valence-electron chi connectivity index (χ4n) is 3.22.